The molecule has 0 fully saturated rings. The summed E-state index contributed by atoms with van der Waals surface area (Å²) < 4.78 is 11.4. The smallest absolute Gasteiger partial charge is 0.257 e. The van der Waals surface area contributed by atoms with Crippen molar-refractivity contribution in [3.05, 3.63) is 46.5 Å². The Morgan fingerprint density at radius 3 is 2.62 bits per heavy atom. The minimum absolute atomic E-state index is 0.265. The van der Waals surface area contributed by atoms with Crippen LogP contribution in [0, 0.1) is 6.92 Å². The fraction of sp³-hybridized carbons (Fsp3) is 0.176. The minimum Gasteiger partial charge on any atom is -0.493 e. The number of fused-ring (bicyclic) bond motifs is 1. The standard InChI is InChI=1S/C17H15ClN2O3S/c1-9-11(18)5-7-14-15(9)19-17(24-14)20-16(21)10-4-6-12(22-2)13(8-10)23-3/h4-8H,1-3H3,(H,19,20,21). The molecule has 3 rings (SSSR count). The fourth-order valence-electron chi connectivity index (χ4n) is 2.30. The van der Waals surface area contributed by atoms with Crippen LogP contribution in [0.2, 0.25) is 5.02 Å². The maximum absolute atomic E-state index is 12.4. The molecule has 5 nitrogen and oxygen atoms in total. The summed E-state index contributed by atoms with van der Waals surface area (Å²) >= 11 is 7.52. The Labute approximate surface area is 148 Å². The van der Waals surface area contributed by atoms with Crippen LogP contribution in [0.1, 0.15) is 15.9 Å². The number of carbonyl (C=O) groups is 1. The number of methoxy groups -OCH3 is 2. The van der Waals surface area contributed by atoms with Crippen LogP contribution in [-0.4, -0.2) is 25.1 Å². The Morgan fingerprint density at radius 1 is 1.17 bits per heavy atom. The third-order valence-electron chi connectivity index (χ3n) is 3.61. The first kappa shape index (κ1) is 16.5. The molecule has 2 aromatic carbocycles. The number of carbonyl (C=O) groups excluding carboxylic acids is 1. The highest BCUT2D eigenvalue weighted by Crippen LogP contribution is 2.32. The van der Waals surface area contributed by atoms with Gasteiger partial charge in [0.15, 0.2) is 16.6 Å². The Morgan fingerprint density at radius 2 is 1.92 bits per heavy atom. The summed E-state index contributed by atoms with van der Waals surface area (Å²) in [5, 5.41) is 3.99. The van der Waals surface area contributed by atoms with E-state index in [-0.39, 0.29) is 5.91 Å². The Hall–Kier alpha value is -2.31. The fourth-order valence-corrected chi connectivity index (χ4v) is 3.37. The first-order chi connectivity index (χ1) is 11.5. The van der Waals surface area contributed by atoms with Gasteiger partial charge in [-0.05, 0) is 42.8 Å². The molecular formula is C17H15ClN2O3S. The van der Waals surface area contributed by atoms with Gasteiger partial charge in [-0.2, -0.15) is 0 Å². The summed E-state index contributed by atoms with van der Waals surface area (Å²) in [5.41, 5.74) is 2.16. The lowest BCUT2D eigenvalue weighted by atomic mass is 10.2. The molecule has 3 aromatic rings. The molecule has 0 saturated carbocycles. The molecule has 1 amide bonds. The van der Waals surface area contributed by atoms with Gasteiger partial charge in [-0.1, -0.05) is 22.9 Å². The molecule has 0 unspecified atom stereocenters. The Bertz CT molecular complexity index is 924. The number of aromatic nitrogens is 1. The lowest BCUT2D eigenvalue weighted by Crippen LogP contribution is -2.11. The molecule has 1 aromatic heterocycles. The Balaban J connectivity index is 1.88. The normalized spacial score (nSPS) is 10.7. The number of benzene rings is 2. The van der Waals surface area contributed by atoms with Crippen molar-refractivity contribution in [2.24, 2.45) is 0 Å². The molecule has 1 heterocycles. The van der Waals surface area contributed by atoms with E-state index in [0.29, 0.717) is 27.2 Å². The van der Waals surface area contributed by atoms with Crippen molar-refractivity contribution < 1.29 is 14.3 Å². The van der Waals surface area contributed by atoms with Crippen LogP contribution in [0.25, 0.3) is 10.2 Å². The molecule has 0 aliphatic heterocycles. The predicted octanol–water partition coefficient (Wildman–Crippen LogP) is 4.53. The van der Waals surface area contributed by atoms with E-state index in [1.54, 1.807) is 25.3 Å². The molecule has 0 aliphatic rings. The van der Waals surface area contributed by atoms with Gasteiger partial charge in [0.05, 0.1) is 24.4 Å². The SMILES string of the molecule is COc1ccc(C(=O)Nc2nc3c(C)c(Cl)ccc3s2)cc1OC. The zero-order valence-electron chi connectivity index (χ0n) is 13.3. The molecule has 124 valence electrons. The first-order valence-electron chi connectivity index (χ1n) is 7.12. The number of ether oxygens (including phenoxy) is 2. The lowest BCUT2D eigenvalue weighted by molar-refractivity contribution is 0.102. The number of hydrogen-bond acceptors (Lipinski definition) is 5. The minimum atomic E-state index is -0.265. The number of nitrogens with zero attached hydrogens (tertiary/aromatic N) is 1. The van der Waals surface area contributed by atoms with Crippen molar-refractivity contribution in [2.75, 3.05) is 19.5 Å². The van der Waals surface area contributed by atoms with E-state index in [9.17, 15) is 4.79 Å². The number of halogens is 1. The van der Waals surface area contributed by atoms with E-state index in [0.717, 1.165) is 15.8 Å². The summed E-state index contributed by atoms with van der Waals surface area (Å²) in [7, 11) is 3.08. The molecule has 7 heteroatoms. The van der Waals surface area contributed by atoms with Crippen LogP contribution in [0.5, 0.6) is 11.5 Å². The highest BCUT2D eigenvalue weighted by atomic mass is 35.5. The van der Waals surface area contributed by atoms with Crippen molar-refractivity contribution in [2.45, 2.75) is 6.92 Å². The van der Waals surface area contributed by atoms with E-state index < -0.39 is 0 Å². The number of hydrogen-bond donors (Lipinski definition) is 1. The van der Waals surface area contributed by atoms with E-state index in [1.165, 1.54) is 18.4 Å². The monoisotopic (exact) mass is 362 g/mol. The maximum Gasteiger partial charge on any atom is 0.257 e. The van der Waals surface area contributed by atoms with Gasteiger partial charge in [0.25, 0.3) is 5.91 Å². The van der Waals surface area contributed by atoms with E-state index >= 15 is 0 Å². The summed E-state index contributed by atoms with van der Waals surface area (Å²) in [5.74, 6) is 0.801. The van der Waals surface area contributed by atoms with E-state index in [1.807, 2.05) is 19.1 Å². The van der Waals surface area contributed by atoms with Crippen LogP contribution in [0.4, 0.5) is 5.13 Å². The largest absolute Gasteiger partial charge is 0.493 e. The zero-order chi connectivity index (χ0) is 17.3. The third-order valence-corrected chi connectivity index (χ3v) is 4.96. The van der Waals surface area contributed by atoms with Crippen molar-refractivity contribution in [3.63, 3.8) is 0 Å². The maximum atomic E-state index is 12.4. The van der Waals surface area contributed by atoms with Crippen molar-refractivity contribution in [3.8, 4) is 11.5 Å². The van der Waals surface area contributed by atoms with Crippen LogP contribution in [-0.2, 0) is 0 Å². The van der Waals surface area contributed by atoms with Crippen molar-refractivity contribution >= 4 is 44.2 Å². The number of rotatable bonds is 4. The lowest BCUT2D eigenvalue weighted by Gasteiger charge is -2.09. The molecule has 0 radical (unpaired) electrons. The zero-order valence-corrected chi connectivity index (χ0v) is 14.9. The summed E-state index contributed by atoms with van der Waals surface area (Å²) in [6, 6.07) is 8.72. The highest BCUT2D eigenvalue weighted by molar-refractivity contribution is 7.22. The number of thiazole rings is 1. The van der Waals surface area contributed by atoms with Crippen LogP contribution >= 0.6 is 22.9 Å². The summed E-state index contributed by atoms with van der Waals surface area (Å²) in [6.07, 6.45) is 0. The molecular weight excluding hydrogens is 348 g/mol. The van der Waals surface area contributed by atoms with Crippen LogP contribution < -0.4 is 14.8 Å². The van der Waals surface area contributed by atoms with Gasteiger partial charge in [-0.3, -0.25) is 10.1 Å². The van der Waals surface area contributed by atoms with Crippen LogP contribution in [0.15, 0.2) is 30.3 Å². The van der Waals surface area contributed by atoms with Gasteiger partial charge in [0.2, 0.25) is 0 Å². The van der Waals surface area contributed by atoms with Gasteiger partial charge in [-0.15, -0.1) is 0 Å². The highest BCUT2D eigenvalue weighted by Gasteiger charge is 2.14. The number of aryl methyl sites for hydroxylation is 1. The van der Waals surface area contributed by atoms with Gasteiger partial charge in [-0.25, -0.2) is 4.98 Å². The van der Waals surface area contributed by atoms with Crippen LogP contribution in [0.3, 0.4) is 0 Å². The van der Waals surface area contributed by atoms with Gasteiger partial charge in [0.1, 0.15) is 0 Å². The second-order valence-corrected chi connectivity index (χ2v) is 6.50. The molecule has 0 saturated heterocycles. The average Bonchev–Trinajstić information content (AvgIpc) is 3.00. The second kappa shape index (κ2) is 6.67. The Kier molecular flexibility index (Phi) is 4.59. The van der Waals surface area contributed by atoms with Crippen molar-refractivity contribution in [1.29, 1.82) is 0 Å². The van der Waals surface area contributed by atoms with Gasteiger partial charge < -0.3 is 9.47 Å². The third kappa shape index (κ3) is 3.02. The molecule has 1 N–H and O–H groups in total. The first-order valence-corrected chi connectivity index (χ1v) is 8.32. The topological polar surface area (TPSA) is 60.5 Å². The average molecular weight is 363 g/mol. The number of anilines is 1. The van der Waals surface area contributed by atoms with Crippen molar-refractivity contribution in [1.82, 2.24) is 4.98 Å². The summed E-state index contributed by atoms with van der Waals surface area (Å²) in [6.45, 7) is 1.91. The molecule has 0 atom stereocenters. The summed E-state index contributed by atoms with van der Waals surface area (Å²) in [4.78, 5) is 16.9. The predicted molar refractivity (Wildman–Crippen MR) is 96.9 cm³/mol. The van der Waals surface area contributed by atoms with E-state index in [4.69, 9.17) is 21.1 Å². The number of amides is 1. The quantitative estimate of drug-likeness (QED) is 0.740. The van der Waals surface area contributed by atoms with Gasteiger partial charge in [0, 0.05) is 10.6 Å². The van der Waals surface area contributed by atoms with E-state index in [2.05, 4.69) is 10.3 Å². The number of nitrogens with one attached hydrogen (secondary N) is 1. The molecule has 0 bridgehead atoms. The second-order valence-electron chi connectivity index (χ2n) is 5.06. The molecule has 0 spiro atoms. The van der Waals surface area contributed by atoms with Gasteiger partial charge >= 0.3 is 0 Å². The molecule has 0 aliphatic carbocycles. The molecule has 24 heavy (non-hydrogen) atoms.